The number of carbonyl (C=O) groups is 1. The van der Waals surface area contributed by atoms with Crippen molar-refractivity contribution < 1.29 is 4.79 Å². The van der Waals surface area contributed by atoms with E-state index in [-0.39, 0.29) is 11.8 Å². The van der Waals surface area contributed by atoms with Gasteiger partial charge in [-0.15, -0.1) is 11.3 Å². The summed E-state index contributed by atoms with van der Waals surface area (Å²) in [4.78, 5) is 15.0. The maximum absolute atomic E-state index is 11.4. The Kier molecular flexibility index (Phi) is 5.31. The summed E-state index contributed by atoms with van der Waals surface area (Å²) in [6.07, 6.45) is 1.94. The molecule has 0 spiro atoms. The number of nitrogens with two attached hydrogens (primary N) is 1. The van der Waals surface area contributed by atoms with Gasteiger partial charge in [-0.3, -0.25) is 4.79 Å². The van der Waals surface area contributed by atoms with E-state index in [1.165, 1.54) is 16.1 Å². The number of thiophene rings is 1. The second kappa shape index (κ2) is 7.62. The van der Waals surface area contributed by atoms with Gasteiger partial charge in [0.1, 0.15) is 0 Å². The Labute approximate surface area is 141 Å². The van der Waals surface area contributed by atoms with Crippen LogP contribution in [0.3, 0.4) is 0 Å². The fourth-order valence-corrected chi connectivity index (χ4v) is 3.69. The first-order valence-corrected chi connectivity index (χ1v) is 8.96. The molecule has 1 aliphatic heterocycles. The number of piperidine rings is 1. The van der Waals surface area contributed by atoms with Gasteiger partial charge in [-0.1, -0.05) is 18.2 Å². The number of primary amides is 1. The molecule has 5 heteroatoms. The van der Waals surface area contributed by atoms with E-state index in [0.717, 1.165) is 39.0 Å². The molecule has 122 valence electrons. The smallest absolute Gasteiger partial charge is 0.222 e. The zero-order valence-corrected chi connectivity index (χ0v) is 14.0. The summed E-state index contributed by atoms with van der Waals surface area (Å²) in [7, 11) is 0. The van der Waals surface area contributed by atoms with Crippen LogP contribution in [0.2, 0.25) is 0 Å². The zero-order valence-electron chi connectivity index (χ0n) is 13.2. The highest BCUT2D eigenvalue weighted by Gasteiger charge is 2.23. The molecule has 0 aliphatic carbocycles. The van der Waals surface area contributed by atoms with Crippen LogP contribution in [0.15, 0.2) is 41.8 Å². The highest BCUT2D eigenvalue weighted by molar-refractivity contribution is 7.09. The maximum Gasteiger partial charge on any atom is 0.222 e. The molecule has 1 amide bonds. The van der Waals surface area contributed by atoms with Gasteiger partial charge in [0, 0.05) is 36.7 Å². The normalized spacial score (nSPS) is 18.1. The van der Waals surface area contributed by atoms with Crippen molar-refractivity contribution >= 4 is 22.9 Å². The number of rotatable bonds is 6. The van der Waals surface area contributed by atoms with Crippen LogP contribution in [0.1, 0.15) is 23.3 Å². The number of carbonyl (C=O) groups excluding carboxylic acids is 1. The Morgan fingerprint density at radius 3 is 2.78 bits per heavy atom. The summed E-state index contributed by atoms with van der Waals surface area (Å²) in [5, 5.41) is 5.56. The van der Waals surface area contributed by atoms with E-state index in [1.807, 2.05) is 0 Å². The first-order chi connectivity index (χ1) is 11.2. The highest BCUT2D eigenvalue weighted by atomic mass is 32.1. The fourth-order valence-electron chi connectivity index (χ4n) is 3.01. The molecular formula is C18H23N3OS. The molecule has 1 saturated heterocycles. The molecule has 0 radical (unpaired) electrons. The SMILES string of the molecule is NC(=O)[C@@H]1CCCN(c2ccc(CNCc3cccs3)cc2)C1. The van der Waals surface area contributed by atoms with Crippen molar-refractivity contribution in [3.05, 3.63) is 52.2 Å². The summed E-state index contributed by atoms with van der Waals surface area (Å²) < 4.78 is 0. The van der Waals surface area contributed by atoms with Crippen molar-refractivity contribution in [2.75, 3.05) is 18.0 Å². The van der Waals surface area contributed by atoms with Crippen LogP contribution in [-0.2, 0) is 17.9 Å². The Morgan fingerprint density at radius 2 is 2.09 bits per heavy atom. The first kappa shape index (κ1) is 16.0. The molecule has 23 heavy (non-hydrogen) atoms. The lowest BCUT2D eigenvalue weighted by atomic mass is 9.97. The zero-order chi connectivity index (χ0) is 16.1. The molecule has 1 aromatic carbocycles. The van der Waals surface area contributed by atoms with Gasteiger partial charge in [0.2, 0.25) is 5.91 Å². The van der Waals surface area contributed by atoms with Crippen LogP contribution in [0.4, 0.5) is 5.69 Å². The minimum Gasteiger partial charge on any atom is -0.371 e. The molecule has 1 aliphatic rings. The molecule has 2 heterocycles. The van der Waals surface area contributed by atoms with Crippen molar-refractivity contribution in [3.8, 4) is 0 Å². The lowest BCUT2D eigenvalue weighted by molar-refractivity contribution is -0.122. The van der Waals surface area contributed by atoms with Gasteiger partial charge in [0.05, 0.1) is 5.92 Å². The van der Waals surface area contributed by atoms with Gasteiger partial charge in [0.15, 0.2) is 0 Å². The number of benzene rings is 1. The van der Waals surface area contributed by atoms with E-state index in [1.54, 1.807) is 11.3 Å². The molecule has 0 unspecified atom stereocenters. The molecule has 1 atom stereocenters. The maximum atomic E-state index is 11.4. The van der Waals surface area contributed by atoms with E-state index in [4.69, 9.17) is 5.73 Å². The Balaban J connectivity index is 1.53. The Bertz CT molecular complexity index is 624. The average Bonchev–Trinajstić information content (AvgIpc) is 3.09. The van der Waals surface area contributed by atoms with Crippen molar-refractivity contribution in [3.63, 3.8) is 0 Å². The lowest BCUT2D eigenvalue weighted by Crippen LogP contribution is -2.41. The largest absolute Gasteiger partial charge is 0.371 e. The summed E-state index contributed by atoms with van der Waals surface area (Å²) in [5.41, 5.74) is 7.90. The standard InChI is InChI=1S/C18H23N3OS/c19-18(22)15-3-1-9-21(13-15)16-7-5-14(6-8-16)11-20-12-17-4-2-10-23-17/h2,4-8,10,15,20H,1,3,9,11-13H2,(H2,19,22)/t15-/m1/s1. The number of nitrogens with zero attached hydrogens (tertiary/aromatic N) is 1. The first-order valence-electron chi connectivity index (χ1n) is 8.08. The van der Waals surface area contributed by atoms with E-state index in [0.29, 0.717) is 0 Å². The van der Waals surface area contributed by atoms with Gasteiger partial charge >= 0.3 is 0 Å². The van der Waals surface area contributed by atoms with Crippen LogP contribution >= 0.6 is 11.3 Å². The summed E-state index contributed by atoms with van der Waals surface area (Å²) >= 11 is 1.77. The lowest BCUT2D eigenvalue weighted by Gasteiger charge is -2.33. The van der Waals surface area contributed by atoms with Crippen LogP contribution in [0, 0.1) is 5.92 Å². The summed E-state index contributed by atoms with van der Waals surface area (Å²) in [6.45, 7) is 3.51. The second-order valence-electron chi connectivity index (χ2n) is 6.04. The van der Waals surface area contributed by atoms with Crippen LogP contribution in [0.5, 0.6) is 0 Å². The third-order valence-electron chi connectivity index (χ3n) is 4.33. The van der Waals surface area contributed by atoms with E-state index in [9.17, 15) is 4.79 Å². The van der Waals surface area contributed by atoms with Crippen LogP contribution < -0.4 is 16.0 Å². The Morgan fingerprint density at radius 1 is 1.26 bits per heavy atom. The van der Waals surface area contributed by atoms with Crippen molar-refractivity contribution in [1.29, 1.82) is 0 Å². The average molecular weight is 329 g/mol. The second-order valence-corrected chi connectivity index (χ2v) is 7.07. The van der Waals surface area contributed by atoms with Gasteiger partial charge < -0.3 is 16.0 Å². The topological polar surface area (TPSA) is 58.4 Å². The molecule has 2 aromatic rings. The summed E-state index contributed by atoms with van der Waals surface area (Å²) in [6, 6.07) is 12.8. The number of hydrogen-bond acceptors (Lipinski definition) is 4. The quantitative estimate of drug-likeness (QED) is 0.857. The molecule has 4 nitrogen and oxygen atoms in total. The monoisotopic (exact) mass is 329 g/mol. The number of amides is 1. The summed E-state index contributed by atoms with van der Waals surface area (Å²) in [5.74, 6) is -0.194. The van der Waals surface area contributed by atoms with Gasteiger partial charge in [-0.25, -0.2) is 0 Å². The number of anilines is 1. The molecule has 0 bridgehead atoms. The van der Waals surface area contributed by atoms with Crippen LogP contribution in [-0.4, -0.2) is 19.0 Å². The predicted molar refractivity (Wildman–Crippen MR) is 95.4 cm³/mol. The number of nitrogens with one attached hydrogen (secondary N) is 1. The molecule has 1 fully saturated rings. The van der Waals surface area contributed by atoms with Gasteiger partial charge in [0.25, 0.3) is 0 Å². The third kappa shape index (κ3) is 4.33. The van der Waals surface area contributed by atoms with E-state index >= 15 is 0 Å². The minimum atomic E-state index is -0.177. The predicted octanol–water partition coefficient (Wildman–Crippen LogP) is 2.74. The Hall–Kier alpha value is -1.85. The van der Waals surface area contributed by atoms with Crippen LogP contribution in [0.25, 0.3) is 0 Å². The molecule has 3 rings (SSSR count). The minimum absolute atomic E-state index is 0.0177. The molecule has 0 saturated carbocycles. The van der Waals surface area contributed by atoms with E-state index < -0.39 is 0 Å². The fraction of sp³-hybridized carbons (Fsp3) is 0.389. The number of hydrogen-bond donors (Lipinski definition) is 2. The van der Waals surface area contributed by atoms with Crippen molar-refractivity contribution in [2.45, 2.75) is 25.9 Å². The molecular weight excluding hydrogens is 306 g/mol. The van der Waals surface area contributed by atoms with E-state index in [2.05, 4.69) is 52.0 Å². The van der Waals surface area contributed by atoms with Gasteiger partial charge in [-0.05, 0) is 42.0 Å². The highest BCUT2D eigenvalue weighted by Crippen LogP contribution is 2.23. The molecule has 1 aromatic heterocycles. The third-order valence-corrected chi connectivity index (χ3v) is 5.21. The molecule has 3 N–H and O–H groups in total. The van der Waals surface area contributed by atoms with Gasteiger partial charge in [-0.2, -0.15) is 0 Å². The van der Waals surface area contributed by atoms with Crippen molar-refractivity contribution in [2.24, 2.45) is 11.7 Å². The van der Waals surface area contributed by atoms with Crippen molar-refractivity contribution in [1.82, 2.24) is 5.32 Å².